The molecule has 0 aliphatic carbocycles. The highest BCUT2D eigenvalue weighted by molar-refractivity contribution is 5.28. The van der Waals surface area contributed by atoms with Gasteiger partial charge in [0.25, 0.3) is 0 Å². The van der Waals surface area contributed by atoms with Crippen LogP contribution in [0.25, 0.3) is 0 Å². The molecule has 3 nitrogen and oxygen atoms in total. The molecule has 17 heavy (non-hydrogen) atoms. The first kappa shape index (κ1) is 12.4. The third-order valence-corrected chi connectivity index (χ3v) is 3.39. The van der Waals surface area contributed by atoms with Gasteiger partial charge in [-0.1, -0.05) is 12.1 Å². The maximum absolute atomic E-state index is 10.5. The fourth-order valence-corrected chi connectivity index (χ4v) is 2.39. The van der Waals surface area contributed by atoms with Crippen molar-refractivity contribution in [1.29, 1.82) is 0 Å². The number of rotatable bonds is 3. The maximum Gasteiger partial charge on any atom is 0.118 e. The number of ether oxygens (including phenoxy) is 1. The number of methoxy groups -OCH3 is 1. The monoisotopic (exact) mass is 235 g/mol. The smallest absolute Gasteiger partial charge is 0.118 e. The van der Waals surface area contributed by atoms with Crippen molar-refractivity contribution in [2.45, 2.75) is 31.3 Å². The number of nitrogens with one attached hydrogen (secondary N) is 1. The first-order valence-electron chi connectivity index (χ1n) is 6.28. The number of β-amino-alcohol motifs (C(OH)–C–C–N with tert-alkyl or cyclic N) is 1. The van der Waals surface area contributed by atoms with Gasteiger partial charge in [0.2, 0.25) is 0 Å². The van der Waals surface area contributed by atoms with E-state index >= 15 is 0 Å². The minimum Gasteiger partial charge on any atom is -0.497 e. The van der Waals surface area contributed by atoms with Crippen LogP contribution in [0.1, 0.15) is 24.8 Å². The molecule has 1 aromatic rings. The molecule has 0 radical (unpaired) electrons. The quantitative estimate of drug-likeness (QED) is 0.838. The molecule has 1 aliphatic heterocycles. The molecular formula is C14H21NO2. The Morgan fingerprint density at radius 3 is 2.76 bits per heavy atom. The van der Waals surface area contributed by atoms with E-state index in [9.17, 15) is 5.11 Å². The number of hydrogen-bond acceptors (Lipinski definition) is 3. The summed E-state index contributed by atoms with van der Waals surface area (Å²) >= 11 is 0. The van der Waals surface area contributed by atoms with Crippen molar-refractivity contribution >= 4 is 0 Å². The van der Waals surface area contributed by atoms with Crippen LogP contribution in [0.15, 0.2) is 24.3 Å². The molecular weight excluding hydrogens is 214 g/mol. The minimum atomic E-state index is -0.592. The van der Waals surface area contributed by atoms with E-state index in [4.69, 9.17) is 4.74 Å². The molecule has 2 N–H and O–H groups in total. The molecule has 0 saturated carbocycles. The van der Waals surface area contributed by atoms with E-state index in [-0.39, 0.29) is 0 Å². The van der Waals surface area contributed by atoms with Gasteiger partial charge in [-0.15, -0.1) is 0 Å². The van der Waals surface area contributed by atoms with Crippen molar-refractivity contribution in [1.82, 2.24) is 5.32 Å². The van der Waals surface area contributed by atoms with Gasteiger partial charge in [-0.3, -0.25) is 0 Å². The number of aliphatic hydroxyl groups is 1. The third kappa shape index (κ3) is 3.45. The highest BCUT2D eigenvalue weighted by atomic mass is 16.5. The summed E-state index contributed by atoms with van der Waals surface area (Å²) in [4.78, 5) is 0. The summed E-state index contributed by atoms with van der Waals surface area (Å²) in [5.41, 5.74) is 0.572. The Kier molecular flexibility index (Phi) is 4.02. The normalized spacial score (nSPS) is 25.3. The fourth-order valence-electron chi connectivity index (χ4n) is 2.39. The standard InChI is InChI=1S/C14H21NO2/c1-17-13-6-4-12(5-7-13)10-14(16)8-2-3-9-15-11-14/h4-7,15-16H,2-3,8-11H2,1H3. The van der Waals surface area contributed by atoms with Crippen LogP contribution in [0.3, 0.4) is 0 Å². The van der Waals surface area contributed by atoms with E-state index < -0.39 is 5.60 Å². The Balaban J connectivity index is 2.02. The molecule has 0 aromatic heterocycles. The van der Waals surface area contributed by atoms with E-state index in [0.29, 0.717) is 13.0 Å². The van der Waals surface area contributed by atoms with E-state index in [1.807, 2.05) is 24.3 Å². The van der Waals surface area contributed by atoms with Crippen LogP contribution in [0, 0.1) is 0 Å². The lowest BCUT2D eigenvalue weighted by atomic mass is 9.90. The molecule has 1 atom stereocenters. The van der Waals surface area contributed by atoms with Crippen molar-refractivity contribution in [3.8, 4) is 5.75 Å². The molecule has 1 heterocycles. The van der Waals surface area contributed by atoms with Crippen LogP contribution in [-0.4, -0.2) is 30.9 Å². The zero-order chi connectivity index (χ0) is 12.1. The summed E-state index contributed by atoms with van der Waals surface area (Å²) in [5.74, 6) is 0.861. The first-order valence-corrected chi connectivity index (χ1v) is 6.28. The summed E-state index contributed by atoms with van der Waals surface area (Å²) in [5, 5.41) is 13.8. The SMILES string of the molecule is COc1ccc(CC2(O)CCCCNC2)cc1. The second-order valence-electron chi connectivity index (χ2n) is 4.88. The summed E-state index contributed by atoms with van der Waals surface area (Å²) in [6.45, 7) is 1.71. The summed E-state index contributed by atoms with van der Waals surface area (Å²) in [6, 6.07) is 7.95. The van der Waals surface area contributed by atoms with Gasteiger partial charge in [0.15, 0.2) is 0 Å². The van der Waals surface area contributed by atoms with Crippen molar-refractivity contribution in [2.24, 2.45) is 0 Å². The lowest BCUT2D eigenvalue weighted by molar-refractivity contribution is 0.0367. The van der Waals surface area contributed by atoms with E-state index in [1.165, 1.54) is 0 Å². The third-order valence-electron chi connectivity index (χ3n) is 3.39. The van der Waals surface area contributed by atoms with Crippen molar-refractivity contribution in [3.63, 3.8) is 0 Å². The molecule has 0 amide bonds. The number of hydrogen-bond donors (Lipinski definition) is 2. The molecule has 1 fully saturated rings. The minimum absolute atomic E-state index is 0.592. The van der Waals surface area contributed by atoms with Crippen molar-refractivity contribution in [3.05, 3.63) is 29.8 Å². The van der Waals surface area contributed by atoms with E-state index in [0.717, 1.165) is 37.1 Å². The highest BCUT2D eigenvalue weighted by Crippen LogP contribution is 2.22. The van der Waals surface area contributed by atoms with Crippen LogP contribution in [0.2, 0.25) is 0 Å². The summed E-state index contributed by atoms with van der Waals surface area (Å²) in [6.07, 6.45) is 3.85. The van der Waals surface area contributed by atoms with Gasteiger partial charge in [-0.25, -0.2) is 0 Å². The zero-order valence-corrected chi connectivity index (χ0v) is 10.4. The van der Waals surface area contributed by atoms with E-state index in [1.54, 1.807) is 7.11 Å². The molecule has 94 valence electrons. The maximum atomic E-state index is 10.5. The lowest BCUT2D eigenvalue weighted by Gasteiger charge is -2.26. The predicted molar refractivity (Wildman–Crippen MR) is 68.4 cm³/mol. The van der Waals surface area contributed by atoms with E-state index in [2.05, 4.69) is 5.32 Å². The van der Waals surface area contributed by atoms with Crippen molar-refractivity contribution < 1.29 is 9.84 Å². The van der Waals surface area contributed by atoms with Crippen LogP contribution in [0.4, 0.5) is 0 Å². The van der Waals surface area contributed by atoms with Crippen LogP contribution < -0.4 is 10.1 Å². The average molecular weight is 235 g/mol. The van der Waals surface area contributed by atoms with Gasteiger partial charge < -0.3 is 15.2 Å². The Morgan fingerprint density at radius 1 is 1.29 bits per heavy atom. The fraction of sp³-hybridized carbons (Fsp3) is 0.571. The van der Waals surface area contributed by atoms with Gasteiger partial charge in [-0.05, 0) is 43.5 Å². The average Bonchev–Trinajstić information content (AvgIpc) is 2.55. The molecule has 1 unspecified atom stereocenters. The molecule has 2 rings (SSSR count). The Labute approximate surface area is 103 Å². The topological polar surface area (TPSA) is 41.5 Å². The molecule has 1 aromatic carbocycles. The second kappa shape index (κ2) is 5.52. The zero-order valence-electron chi connectivity index (χ0n) is 10.4. The number of benzene rings is 1. The van der Waals surface area contributed by atoms with Crippen molar-refractivity contribution in [2.75, 3.05) is 20.2 Å². The molecule has 3 heteroatoms. The van der Waals surface area contributed by atoms with Gasteiger partial charge in [0.1, 0.15) is 5.75 Å². The molecule has 1 aliphatic rings. The summed E-state index contributed by atoms with van der Waals surface area (Å²) < 4.78 is 5.13. The first-order chi connectivity index (χ1) is 8.22. The van der Waals surface area contributed by atoms with Gasteiger partial charge in [0.05, 0.1) is 12.7 Å². The van der Waals surface area contributed by atoms with Crippen LogP contribution >= 0.6 is 0 Å². The van der Waals surface area contributed by atoms with Crippen LogP contribution in [-0.2, 0) is 6.42 Å². The van der Waals surface area contributed by atoms with Gasteiger partial charge in [-0.2, -0.15) is 0 Å². The van der Waals surface area contributed by atoms with Gasteiger partial charge >= 0.3 is 0 Å². The Hall–Kier alpha value is -1.06. The summed E-state index contributed by atoms with van der Waals surface area (Å²) in [7, 11) is 1.66. The van der Waals surface area contributed by atoms with Gasteiger partial charge in [0, 0.05) is 13.0 Å². The Morgan fingerprint density at radius 2 is 2.06 bits per heavy atom. The molecule has 0 spiro atoms. The highest BCUT2D eigenvalue weighted by Gasteiger charge is 2.27. The second-order valence-corrected chi connectivity index (χ2v) is 4.88. The molecule has 0 bridgehead atoms. The largest absolute Gasteiger partial charge is 0.497 e. The predicted octanol–water partition coefficient (Wildman–Crippen LogP) is 1.74. The molecule has 1 saturated heterocycles. The lowest BCUT2D eigenvalue weighted by Crippen LogP contribution is -2.40. The Bertz CT molecular complexity index is 340. The van der Waals surface area contributed by atoms with Crippen LogP contribution in [0.5, 0.6) is 5.75 Å².